The first-order valence-corrected chi connectivity index (χ1v) is 11.2. The Morgan fingerprint density at radius 2 is 1.73 bits per heavy atom. The van der Waals surface area contributed by atoms with Crippen LogP contribution < -0.4 is 10.1 Å². The third-order valence-electron chi connectivity index (χ3n) is 6.53. The van der Waals surface area contributed by atoms with Crippen LogP contribution >= 0.6 is 12.4 Å². The molecule has 4 nitrogen and oxygen atoms in total. The minimum atomic E-state index is -1.26. The molecule has 176 valence electrons. The van der Waals surface area contributed by atoms with Gasteiger partial charge in [-0.1, -0.05) is 42.5 Å². The Morgan fingerprint density at radius 3 is 2.39 bits per heavy atom. The first kappa shape index (κ1) is 25.0. The molecule has 0 aliphatic heterocycles. The molecule has 0 aromatic heterocycles. The Labute approximate surface area is 200 Å². The maximum absolute atomic E-state index is 14.2. The van der Waals surface area contributed by atoms with E-state index < -0.39 is 11.6 Å². The molecular weight excluding hydrogens is 441 g/mol. The summed E-state index contributed by atoms with van der Waals surface area (Å²) in [5.41, 5.74) is 1.10. The van der Waals surface area contributed by atoms with Crippen LogP contribution in [-0.2, 0) is 4.79 Å². The van der Waals surface area contributed by atoms with E-state index in [1.807, 2.05) is 54.6 Å². The average molecular weight is 472 g/mol. The highest BCUT2D eigenvalue weighted by Crippen LogP contribution is 2.37. The first-order valence-electron chi connectivity index (χ1n) is 11.2. The summed E-state index contributed by atoms with van der Waals surface area (Å²) in [5, 5.41) is 14.6. The number of rotatable bonds is 7. The molecule has 2 N–H and O–H groups in total. The highest BCUT2D eigenvalue weighted by atomic mass is 35.5. The van der Waals surface area contributed by atoms with Gasteiger partial charge in [-0.15, -0.1) is 12.4 Å². The number of aliphatic carboxylic acids is 1. The number of fused-ring (bicyclic) bond motifs is 1. The Hall–Kier alpha value is -2.63. The molecular formula is C27H31ClFNO3. The van der Waals surface area contributed by atoms with Gasteiger partial charge in [-0.05, 0) is 80.7 Å². The number of hydrogen-bond acceptors (Lipinski definition) is 3. The van der Waals surface area contributed by atoms with Crippen LogP contribution in [0.3, 0.4) is 0 Å². The normalized spacial score (nSPS) is 19.2. The standard InChI is InChI=1S/C27H30FNO3.ClH/c1-17(22-14-15-25(28)24-7-5-4-6-23(22)24)29-20-11-8-19(16-20)18-9-12-21(13-10-18)32-27(2,3)26(30)31;/h4-7,9-10,12-15,17,19-20,29H,8,11,16H2,1-3H3,(H,30,31);1H/t17-,19-,20+;/m1./s1. The van der Waals surface area contributed by atoms with Crippen molar-refractivity contribution in [3.8, 4) is 5.75 Å². The minimum Gasteiger partial charge on any atom is -0.478 e. The fourth-order valence-electron chi connectivity index (χ4n) is 4.69. The van der Waals surface area contributed by atoms with Gasteiger partial charge in [0.1, 0.15) is 11.6 Å². The summed E-state index contributed by atoms with van der Waals surface area (Å²) in [5.74, 6) is -0.164. The maximum Gasteiger partial charge on any atom is 0.347 e. The molecule has 1 fully saturated rings. The van der Waals surface area contributed by atoms with E-state index in [2.05, 4.69) is 12.2 Å². The molecule has 33 heavy (non-hydrogen) atoms. The van der Waals surface area contributed by atoms with Crippen molar-refractivity contribution in [1.29, 1.82) is 0 Å². The predicted octanol–water partition coefficient (Wildman–Crippen LogP) is 6.63. The van der Waals surface area contributed by atoms with E-state index in [0.29, 0.717) is 23.1 Å². The molecule has 6 heteroatoms. The number of hydrogen-bond donors (Lipinski definition) is 2. The number of carboxylic acids is 1. The van der Waals surface area contributed by atoms with Gasteiger partial charge in [-0.2, -0.15) is 0 Å². The molecule has 0 heterocycles. The van der Waals surface area contributed by atoms with Gasteiger partial charge in [0.05, 0.1) is 0 Å². The summed E-state index contributed by atoms with van der Waals surface area (Å²) in [6.07, 6.45) is 3.21. The minimum absolute atomic E-state index is 0. The zero-order valence-electron chi connectivity index (χ0n) is 19.2. The highest BCUT2D eigenvalue weighted by molar-refractivity contribution is 5.86. The molecule has 0 bridgehead atoms. The van der Waals surface area contributed by atoms with Crippen molar-refractivity contribution in [2.75, 3.05) is 0 Å². The number of carboxylic acid groups (broad SMARTS) is 1. The van der Waals surface area contributed by atoms with Crippen molar-refractivity contribution in [2.24, 2.45) is 0 Å². The van der Waals surface area contributed by atoms with E-state index in [-0.39, 0.29) is 24.3 Å². The largest absolute Gasteiger partial charge is 0.478 e. The lowest BCUT2D eigenvalue weighted by Crippen LogP contribution is -2.37. The monoisotopic (exact) mass is 471 g/mol. The van der Waals surface area contributed by atoms with Crippen molar-refractivity contribution < 1.29 is 19.0 Å². The van der Waals surface area contributed by atoms with Crippen LogP contribution in [0.25, 0.3) is 10.8 Å². The van der Waals surface area contributed by atoms with Crippen LogP contribution in [0, 0.1) is 5.82 Å². The van der Waals surface area contributed by atoms with Crippen LogP contribution in [0.2, 0.25) is 0 Å². The molecule has 0 saturated heterocycles. The maximum atomic E-state index is 14.2. The number of benzene rings is 3. The van der Waals surface area contributed by atoms with E-state index in [0.717, 1.165) is 30.2 Å². The van der Waals surface area contributed by atoms with Gasteiger partial charge in [0.15, 0.2) is 5.60 Å². The third-order valence-corrected chi connectivity index (χ3v) is 6.53. The lowest BCUT2D eigenvalue weighted by atomic mass is 9.96. The van der Waals surface area contributed by atoms with Crippen molar-refractivity contribution in [3.05, 3.63) is 77.6 Å². The molecule has 1 aliphatic carbocycles. The Balaban J connectivity index is 0.00000306. The molecule has 3 atom stereocenters. The molecule has 4 rings (SSSR count). The van der Waals surface area contributed by atoms with E-state index in [1.54, 1.807) is 19.9 Å². The second-order valence-corrected chi connectivity index (χ2v) is 9.26. The zero-order valence-corrected chi connectivity index (χ0v) is 20.0. The smallest absolute Gasteiger partial charge is 0.347 e. The van der Waals surface area contributed by atoms with Crippen LogP contribution in [0.5, 0.6) is 5.75 Å². The number of carbonyl (C=O) groups is 1. The molecule has 0 amide bonds. The summed E-state index contributed by atoms with van der Waals surface area (Å²) in [6, 6.07) is 19.4. The van der Waals surface area contributed by atoms with E-state index in [9.17, 15) is 14.3 Å². The summed E-state index contributed by atoms with van der Waals surface area (Å²) in [7, 11) is 0. The number of nitrogens with one attached hydrogen (secondary N) is 1. The van der Waals surface area contributed by atoms with Gasteiger partial charge < -0.3 is 15.2 Å². The quantitative estimate of drug-likeness (QED) is 0.406. The fraction of sp³-hybridized carbons (Fsp3) is 0.370. The van der Waals surface area contributed by atoms with Crippen molar-refractivity contribution in [3.63, 3.8) is 0 Å². The second-order valence-electron chi connectivity index (χ2n) is 9.26. The van der Waals surface area contributed by atoms with Crippen molar-refractivity contribution in [2.45, 2.75) is 63.6 Å². The molecule has 0 radical (unpaired) electrons. The van der Waals surface area contributed by atoms with Crippen molar-refractivity contribution >= 4 is 29.1 Å². The molecule has 1 saturated carbocycles. The van der Waals surface area contributed by atoms with Crippen LogP contribution in [-0.4, -0.2) is 22.7 Å². The molecule has 3 aromatic carbocycles. The van der Waals surface area contributed by atoms with Gasteiger partial charge in [-0.25, -0.2) is 9.18 Å². The van der Waals surface area contributed by atoms with Crippen LogP contribution in [0.15, 0.2) is 60.7 Å². The van der Waals surface area contributed by atoms with E-state index in [1.165, 1.54) is 5.56 Å². The van der Waals surface area contributed by atoms with Crippen LogP contribution in [0.4, 0.5) is 4.39 Å². The predicted molar refractivity (Wildman–Crippen MR) is 132 cm³/mol. The van der Waals surface area contributed by atoms with Gasteiger partial charge in [0, 0.05) is 17.5 Å². The SMILES string of the molecule is C[C@@H](N[C@H]1CC[C@@H](c2ccc(OC(C)(C)C(=O)O)cc2)C1)c1ccc(F)c2ccccc12.Cl. The van der Waals surface area contributed by atoms with Crippen LogP contribution in [0.1, 0.15) is 63.1 Å². The Kier molecular flexibility index (Phi) is 7.65. The molecule has 0 unspecified atom stereocenters. The first-order chi connectivity index (χ1) is 15.2. The van der Waals surface area contributed by atoms with Gasteiger partial charge in [0.25, 0.3) is 0 Å². The van der Waals surface area contributed by atoms with Gasteiger partial charge >= 0.3 is 5.97 Å². The molecule has 3 aromatic rings. The lowest BCUT2D eigenvalue weighted by Gasteiger charge is -2.22. The second kappa shape index (κ2) is 10.1. The molecule has 1 aliphatic rings. The number of halogens is 2. The third kappa shape index (κ3) is 5.48. The van der Waals surface area contributed by atoms with E-state index >= 15 is 0 Å². The topological polar surface area (TPSA) is 58.6 Å². The summed E-state index contributed by atoms with van der Waals surface area (Å²) >= 11 is 0. The zero-order chi connectivity index (χ0) is 22.9. The van der Waals surface area contributed by atoms with Gasteiger partial charge in [0.2, 0.25) is 0 Å². The number of ether oxygens (including phenoxy) is 1. The highest BCUT2D eigenvalue weighted by Gasteiger charge is 2.30. The average Bonchev–Trinajstić information content (AvgIpc) is 3.22. The Bertz CT molecular complexity index is 1120. The molecule has 0 spiro atoms. The van der Waals surface area contributed by atoms with E-state index in [4.69, 9.17) is 4.74 Å². The fourth-order valence-corrected chi connectivity index (χ4v) is 4.69. The Morgan fingerprint density at radius 1 is 1.06 bits per heavy atom. The lowest BCUT2D eigenvalue weighted by molar-refractivity contribution is -0.152. The van der Waals surface area contributed by atoms with Gasteiger partial charge in [-0.3, -0.25) is 0 Å². The van der Waals surface area contributed by atoms with Crippen molar-refractivity contribution in [1.82, 2.24) is 5.32 Å². The summed E-state index contributed by atoms with van der Waals surface area (Å²) in [4.78, 5) is 11.3. The summed E-state index contributed by atoms with van der Waals surface area (Å²) < 4.78 is 19.8. The summed E-state index contributed by atoms with van der Waals surface area (Å²) in [6.45, 7) is 5.23.